The predicted octanol–water partition coefficient (Wildman–Crippen LogP) is 5.62. The van der Waals surface area contributed by atoms with Crippen LogP contribution in [0.25, 0.3) is 0 Å². The Labute approximate surface area is 212 Å². The van der Waals surface area contributed by atoms with Crippen molar-refractivity contribution in [1.82, 2.24) is 14.9 Å². The molecule has 1 aromatic heterocycles. The molecule has 0 radical (unpaired) electrons. The van der Waals surface area contributed by atoms with Crippen LogP contribution in [0.15, 0.2) is 40.7 Å². The van der Waals surface area contributed by atoms with Gasteiger partial charge in [-0.1, -0.05) is 63.8 Å². The minimum atomic E-state index is -3.87. The number of rotatable bonds is 9. The summed E-state index contributed by atoms with van der Waals surface area (Å²) in [6.45, 7) is 0.180. The van der Waals surface area contributed by atoms with E-state index in [2.05, 4.69) is 20.2 Å². The molecule has 3 aromatic rings. The Morgan fingerprint density at radius 2 is 1.69 bits per heavy atom. The van der Waals surface area contributed by atoms with E-state index in [0.717, 1.165) is 16.9 Å². The molecule has 2 N–H and O–H groups in total. The number of carbonyl (C=O) groups excluding carboxylic acids is 1. The van der Waals surface area contributed by atoms with Crippen molar-refractivity contribution < 1.29 is 13.2 Å². The van der Waals surface area contributed by atoms with Gasteiger partial charge in [-0.25, -0.2) is 13.1 Å². The Hall–Kier alpha value is -1.11. The Balaban J connectivity index is 1.51. The van der Waals surface area contributed by atoms with Crippen molar-refractivity contribution in [3.05, 3.63) is 67.6 Å². The highest BCUT2D eigenvalue weighted by atomic mass is 35.5. The lowest BCUT2D eigenvalue weighted by Crippen LogP contribution is -2.26. The third-order valence-corrected chi connectivity index (χ3v) is 8.65. The number of carbonyl (C=O) groups is 1. The summed E-state index contributed by atoms with van der Waals surface area (Å²) >= 11 is 26.1. The van der Waals surface area contributed by atoms with Crippen LogP contribution in [-0.4, -0.2) is 36.8 Å². The number of benzene rings is 2. The first-order valence-corrected chi connectivity index (χ1v) is 13.7. The maximum Gasteiger partial charge on any atom is 0.269 e. The molecule has 170 valence electrons. The van der Waals surface area contributed by atoms with Crippen LogP contribution in [0.5, 0.6) is 0 Å². The summed E-state index contributed by atoms with van der Waals surface area (Å²) in [4.78, 5) is 12.3. The van der Waals surface area contributed by atoms with Gasteiger partial charge in [0.05, 0.1) is 10.6 Å². The normalized spacial score (nSPS) is 11.5. The van der Waals surface area contributed by atoms with Gasteiger partial charge in [0, 0.05) is 33.1 Å². The summed E-state index contributed by atoms with van der Waals surface area (Å²) < 4.78 is 27.0. The summed E-state index contributed by atoms with van der Waals surface area (Å²) in [7, 11) is -3.87. The smallest absolute Gasteiger partial charge is 0.269 e. The molecule has 0 spiro atoms. The summed E-state index contributed by atoms with van der Waals surface area (Å²) in [6.07, 6.45) is 0. The van der Waals surface area contributed by atoms with Crippen molar-refractivity contribution in [3.63, 3.8) is 0 Å². The highest BCUT2D eigenvalue weighted by molar-refractivity contribution is 7.98. The number of thioether (sulfide) groups is 1. The van der Waals surface area contributed by atoms with Gasteiger partial charge in [-0.15, -0.1) is 10.2 Å². The molecule has 0 bridgehead atoms. The molecule has 1 amide bonds. The monoisotopic (exact) mass is 570 g/mol. The van der Waals surface area contributed by atoms with E-state index in [1.807, 2.05) is 6.07 Å². The fraction of sp³-hybridized carbons (Fsp3) is 0.167. The molecule has 7 nitrogen and oxygen atoms in total. The maximum absolute atomic E-state index is 12.4. The molecule has 0 saturated heterocycles. The predicted molar refractivity (Wildman–Crippen MR) is 132 cm³/mol. The second-order valence-electron chi connectivity index (χ2n) is 6.14. The SMILES string of the molecule is O=C(Nc1nnc(S(=O)(=O)NCCSCc2ccc(Cl)cc2Cl)s1)c1ccc(Cl)cc1Cl. The number of nitrogens with one attached hydrogen (secondary N) is 2. The van der Waals surface area contributed by atoms with Gasteiger partial charge in [0.15, 0.2) is 0 Å². The number of sulfonamides is 1. The number of halogens is 4. The first-order valence-electron chi connectivity index (χ1n) is 8.77. The van der Waals surface area contributed by atoms with E-state index in [9.17, 15) is 13.2 Å². The largest absolute Gasteiger partial charge is 0.296 e. The molecule has 0 fully saturated rings. The summed E-state index contributed by atoms with van der Waals surface area (Å²) in [5.41, 5.74) is 1.08. The molecule has 0 saturated carbocycles. The second kappa shape index (κ2) is 11.3. The third-order valence-electron chi connectivity index (χ3n) is 3.84. The molecule has 32 heavy (non-hydrogen) atoms. The van der Waals surface area contributed by atoms with E-state index < -0.39 is 15.9 Å². The van der Waals surface area contributed by atoms with Crippen LogP contribution in [-0.2, 0) is 15.8 Å². The van der Waals surface area contributed by atoms with Crippen LogP contribution in [0.2, 0.25) is 20.1 Å². The second-order valence-corrected chi connectivity index (χ2v) is 11.8. The Bertz CT molecular complexity index is 1240. The van der Waals surface area contributed by atoms with Crippen LogP contribution < -0.4 is 10.0 Å². The molecule has 0 aliphatic carbocycles. The van der Waals surface area contributed by atoms with Crippen LogP contribution in [0.1, 0.15) is 15.9 Å². The number of aromatic nitrogens is 2. The molecule has 0 aliphatic heterocycles. The molecule has 0 aliphatic rings. The number of nitrogens with zero attached hydrogens (tertiary/aromatic N) is 2. The fourth-order valence-electron chi connectivity index (χ4n) is 2.34. The van der Waals surface area contributed by atoms with E-state index >= 15 is 0 Å². The van der Waals surface area contributed by atoms with Gasteiger partial charge < -0.3 is 0 Å². The quantitative estimate of drug-likeness (QED) is 0.255. The molecule has 3 rings (SSSR count). The van der Waals surface area contributed by atoms with Gasteiger partial charge >= 0.3 is 0 Å². The molecule has 0 unspecified atom stereocenters. The van der Waals surface area contributed by atoms with Crippen LogP contribution >= 0.6 is 69.5 Å². The lowest BCUT2D eigenvalue weighted by molar-refractivity contribution is 0.102. The van der Waals surface area contributed by atoms with Crippen molar-refractivity contribution in [3.8, 4) is 0 Å². The highest BCUT2D eigenvalue weighted by Crippen LogP contribution is 2.26. The zero-order valence-corrected chi connectivity index (χ0v) is 21.4. The Morgan fingerprint density at radius 1 is 1.00 bits per heavy atom. The number of hydrogen-bond acceptors (Lipinski definition) is 7. The minimum absolute atomic E-state index is 0.0214. The van der Waals surface area contributed by atoms with Crippen LogP contribution in [0.4, 0.5) is 5.13 Å². The summed E-state index contributed by atoms with van der Waals surface area (Å²) in [5.74, 6) is 0.562. The zero-order valence-electron chi connectivity index (χ0n) is 15.9. The molecule has 2 aromatic carbocycles. The van der Waals surface area contributed by atoms with Crippen LogP contribution in [0, 0.1) is 0 Å². The molecular weight excluding hydrogens is 558 g/mol. The third kappa shape index (κ3) is 6.94. The summed E-state index contributed by atoms with van der Waals surface area (Å²) in [5, 5.41) is 11.5. The zero-order chi connectivity index (χ0) is 23.3. The first kappa shape index (κ1) is 25.5. The van der Waals surface area contributed by atoms with E-state index in [-0.39, 0.29) is 26.6 Å². The number of hydrogen-bond donors (Lipinski definition) is 2. The molecule has 0 atom stereocenters. The molecular formula is C18H14Cl4N4O3S3. The topological polar surface area (TPSA) is 101 Å². The molecule has 1 heterocycles. The lowest BCUT2D eigenvalue weighted by atomic mass is 10.2. The maximum atomic E-state index is 12.4. The van der Waals surface area contributed by atoms with Crippen molar-refractivity contribution in [2.45, 2.75) is 10.1 Å². The van der Waals surface area contributed by atoms with Gasteiger partial charge in [0.2, 0.25) is 9.47 Å². The Morgan fingerprint density at radius 3 is 2.38 bits per heavy atom. The van der Waals surface area contributed by atoms with Crippen molar-refractivity contribution in [2.24, 2.45) is 0 Å². The average molecular weight is 572 g/mol. The van der Waals surface area contributed by atoms with Gasteiger partial charge in [-0.05, 0) is 35.9 Å². The summed E-state index contributed by atoms with van der Waals surface area (Å²) in [6, 6.07) is 9.64. The number of anilines is 1. The number of amides is 1. The van der Waals surface area contributed by atoms with Crippen molar-refractivity contribution >= 4 is 90.6 Å². The van der Waals surface area contributed by atoms with Gasteiger partial charge in [-0.2, -0.15) is 11.8 Å². The standard InChI is InChI=1S/C18H14Cl4N4O3S3/c19-11-2-1-10(14(21)7-11)9-30-6-5-23-32(28,29)18-26-25-17(31-18)24-16(27)13-4-3-12(20)8-15(13)22/h1-4,7-8,23H,5-6,9H2,(H,24,25,27). The first-order chi connectivity index (χ1) is 15.2. The van der Waals surface area contributed by atoms with Crippen molar-refractivity contribution in [2.75, 3.05) is 17.6 Å². The van der Waals surface area contributed by atoms with Crippen LogP contribution in [0.3, 0.4) is 0 Å². The highest BCUT2D eigenvalue weighted by Gasteiger charge is 2.21. The van der Waals surface area contributed by atoms with E-state index in [0.29, 0.717) is 26.6 Å². The van der Waals surface area contributed by atoms with E-state index in [1.165, 1.54) is 30.0 Å². The van der Waals surface area contributed by atoms with Gasteiger partial charge in [-0.3, -0.25) is 10.1 Å². The lowest BCUT2D eigenvalue weighted by Gasteiger charge is -2.06. The Kier molecular flexibility index (Phi) is 9.05. The van der Waals surface area contributed by atoms with E-state index in [1.54, 1.807) is 12.1 Å². The van der Waals surface area contributed by atoms with Crippen molar-refractivity contribution in [1.29, 1.82) is 0 Å². The minimum Gasteiger partial charge on any atom is -0.296 e. The van der Waals surface area contributed by atoms with E-state index in [4.69, 9.17) is 46.4 Å². The van der Waals surface area contributed by atoms with Gasteiger partial charge in [0.25, 0.3) is 15.9 Å². The average Bonchev–Trinajstić information content (AvgIpc) is 3.18. The van der Waals surface area contributed by atoms with Gasteiger partial charge in [0.1, 0.15) is 0 Å². The fourth-order valence-corrected chi connectivity index (χ4v) is 6.35. The molecule has 14 heteroatoms.